The van der Waals surface area contributed by atoms with E-state index in [1.165, 1.54) is 22.3 Å². The molecule has 5 heteroatoms. The number of benzene rings is 2. The molecule has 0 radical (unpaired) electrons. The maximum absolute atomic E-state index is 4.48. The number of aryl methyl sites for hydroxylation is 3. The Balaban J connectivity index is 1.71. The van der Waals surface area contributed by atoms with Crippen molar-refractivity contribution in [3.63, 3.8) is 0 Å². The molecule has 0 unspecified atom stereocenters. The molecule has 0 aliphatic heterocycles. The summed E-state index contributed by atoms with van der Waals surface area (Å²) >= 11 is 0. The Bertz CT molecular complexity index is 824. The molecule has 24 heavy (non-hydrogen) atoms. The molecule has 3 aromatic rings. The van der Waals surface area contributed by atoms with E-state index in [2.05, 4.69) is 76.9 Å². The van der Waals surface area contributed by atoms with Crippen LogP contribution in [0.15, 0.2) is 48.7 Å². The van der Waals surface area contributed by atoms with Crippen LogP contribution in [0.1, 0.15) is 22.3 Å². The molecule has 2 aromatic carbocycles. The Morgan fingerprint density at radius 3 is 2.46 bits per heavy atom. The molecule has 0 spiro atoms. The number of anilines is 3. The van der Waals surface area contributed by atoms with Crippen molar-refractivity contribution in [2.45, 2.75) is 27.3 Å². The molecular weight excluding hydrogens is 298 g/mol. The van der Waals surface area contributed by atoms with Crippen LogP contribution in [0, 0.1) is 20.8 Å². The van der Waals surface area contributed by atoms with Crippen LogP contribution in [0.3, 0.4) is 0 Å². The Kier molecular flexibility index (Phi) is 4.70. The van der Waals surface area contributed by atoms with Gasteiger partial charge >= 0.3 is 0 Å². The van der Waals surface area contributed by atoms with Gasteiger partial charge in [0.1, 0.15) is 0 Å². The van der Waals surface area contributed by atoms with Gasteiger partial charge in [0, 0.05) is 12.2 Å². The molecular formula is C19H21N5. The second-order valence-corrected chi connectivity index (χ2v) is 5.95. The Labute approximate surface area is 142 Å². The smallest absolute Gasteiger partial charge is 0.249 e. The maximum Gasteiger partial charge on any atom is 0.249 e. The minimum atomic E-state index is 0.481. The highest BCUT2D eigenvalue weighted by atomic mass is 15.3. The normalized spacial score (nSPS) is 10.5. The van der Waals surface area contributed by atoms with Gasteiger partial charge in [-0.25, -0.2) is 0 Å². The van der Waals surface area contributed by atoms with Gasteiger partial charge < -0.3 is 10.6 Å². The molecule has 2 N–H and O–H groups in total. The lowest BCUT2D eigenvalue weighted by atomic mass is 10.1. The van der Waals surface area contributed by atoms with Crippen molar-refractivity contribution < 1.29 is 0 Å². The molecule has 0 amide bonds. The first-order valence-corrected chi connectivity index (χ1v) is 7.93. The zero-order valence-electron chi connectivity index (χ0n) is 14.2. The third-order valence-corrected chi connectivity index (χ3v) is 3.76. The lowest BCUT2D eigenvalue weighted by Crippen LogP contribution is -2.06. The third-order valence-electron chi connectivity index (χ3n) is 3.76. The second kappa shape index (κ2) is 7.08. The fraction of sp³-hybridized carbons (Fsp3) is 0.211. The van der Waals surface area contributed by atoms with Crippen molar-refractivity contribution in [3.05, 3.63) is 70.9 Å². The molecule has 0 atom stereocenters. The summed E-state index contributed by atoms with van der Waals surface area (Å²) in [6.07, 6.45) is 1.63. The van der Waals surface area contributed by atoms with E-state index in [9.17, 15) is 0 Å². The molecule has 0 bridgehead atoms. The summed E-state index contributed by atoms with van der Waals surface area (Å²) in [7, 11) is 0. The molecule has 0 saturated heterocycles. The minimum absolute atomic E-state index is 0.481. The van der Waals surface area contributed by atoms with E-state index in [1.54, 1.807) is 6.20 Å². The number of hydrogen-bond donors (Lipinski definition) is 2. The fourth-order valence-electron chi connectivity index (χ4n) is 2.61. The molecule has 5 nitrogen and oxygen atoms in total. The topological polar surface area (TPSA) is 62.7 Å². The zero-order chi connectivity index (χ0) is 16.9. The maximum atomic E-state index is 4.48. The summed E-state index contributed by atoms with van der Waals surface area (Å²) in [6, 6.07) is 14.5. The Morgan fingerprint density at radius 1 is 0.958 bits per heavy atom. The number of nitrogens with zero attached hydrogens (tertiary/aromatic N) is 3. The van der Waals surface area contributed by atoms with Gasteiger partial charge in [0.05, 0.1) is 6.20 Å². The molecule has 0 aliphatic carbocycles. The van der Waals surface area contributed by atoms with Gasteiger partial charge in [-0.05, 0) is 55.2 Å². The average Bonchev–Trinajstić information content (AvgIpc) is 2.53. The van der Waals surface area contributed by atoms with Gasteiger partial charge in [0.25, 0.3) is 0 Å². The Hall–Kier alpha value is -2.95. The number of nitrogens with one attached hydrogen (secondary N) is 2. The summed E-state index contributed by atoms with van der Waals surface area (Å²) in [5.41, 5.74) is 5.84. The number of hydrogen-bond acceptors (Lipinski definition) is 5. The predicted molar refractivity (Wildman–Crippen MR) is 97.5 cm³/mol. The first kappa shape index (κ1) is 15.9. The van der Waals surface area contributed by atoms with Crippen LogP contribution < -0.4 is 10.6 Å². The van der Waals surface area contributed by atoms with Gasteiger partial charge in [-0.1, -0.05) is 30.3 Å². The summed E-state index contributed by atoms with van der Waals surface area (Å²) in [6.45, 7) is 6.94. The van der Waals surface area contributed by atoms with Crippen LogP contribution in [-0.4, -0.2) is 15.2 Å². The van der Waals surface area contributed by atoms with Gasteiger partial charge in [-0.15, -0.1) is 5.10 Å². The minimum Gasteiger partial charge on any atom is -0.365 e. The van der Waals surface area contributed by atoms with Crippen LogP contribution in [0.25, 0.3) is 0 Å². The van der Waals surface area contributed by atoms with E-state index >= 15 is 0 Å². The van der Waals surface area contributed by atoms with E-state index in [0.29, 0.717) is 18.3 Å². The van der Waals surface area contributed by atoms with Crippen molar-refractivity contribution in [3.8, 4) is 0 Å². The highest BCUT2D eigenvalue weighted by Gasteiger charge is 2.03. The van der Waals surface area contributed by atoms with Crippen LogP contribution in [0.5, 0.6) is 0 Å². The summed E-state index contributed by atoms with van der Waals surface area (Å²) in [4.78, 5) is 4.48. The van der Waals surface area contributed by atoms with Gasteiger partial charge in [0.2, 0.25) is 5.95 Å². The van der Waals surface area contributed by atoms with E-state index in [-0.39, 0.29) is 0 Å². The zero-order valence-corrected chi connectivity index (χ0v) is 14.2. The molecule has 1 aromatic heterocycles. The molecule has 122 valence electrons. The van der Waals surface area contributed by atoms with Crippen LogP contribution in [0.2, 0.25) is 0 Å². The van der Waals surface area contributed by atoms with Gasteiger partial charge in [-0.2, -0.15) is 10.1 Å². The van der Waals surface area contributed by atoms with Crippen LogP contribution in [-0.2, 0) is 6.54 Å². The van der Waals surface area contributed by atoms with Crippen LogP contribution >= 0.6 is 0 Å². The Morgan fingerprint density at radius 2 is 1.71 bits per heavy atom. The standard InChI is InChI=1S/C19H21N5/c1-13-8-14(2)10-17(9-13)22-19-23-18(12-21-24-19)20-11-16-7-5-4-6-15(16)3/h4-10,12H,11H2,1-3H3,(H2,20,22,23,24). The number of rotatable bonds is 5. The van der Waals surface area contributed by atoms with Crippen molar-refractivity contribution in [1.82, 2.24) is 15.2 Å². The second-order valence-electron chi connectivity index (χ2n) is 5.95. The number of aromatic nitrogens is 3. The lowest BCUT2D eigenvalue weighted by Gasteiger charge is -2.10. The van der Waals surface area contributed by atoms with Gasteiger partial charge in [-0.3, -0.25) is 0 Å². The summed E-state index contributed by atoms with van der Waals surface area (Å²) < 4.78 is 0. The van der Waals surface area contributed by atoms with E-state index in [1.807, 2.05) is 12.1 Å². The summed E-state index contributed by atoms with van der Waals surface area (Å²) in [5.74, 6) is 1.18. The van der Waals surface area contributed by atoms with E-state index in [4.69, 9.17) is 0 Å². The molecule has 0 fully saturated rings. The van der Waals surface area contributed by atoms with Crippen molar-refractivity contribution in [2.24, 2.45) is 0 Å². The fourth-order valence-corrected chi connectivity index (χ4v) is 2.61. The first-order valence-electron chi connectivity index (χ1n) is 7.93. The van der Waals surface area contributed by atoms with E-state index < -0.39 is 0 Å². The van der Waals surface area contributed by atoms with Crippen molar-refractivity contribution in [1.29, 1.82) is 0 Å². The predicted octanol–water partition coefficient (Wildman–Crippen LogP) is 4.15. The third kappa shape index (κ3) is 4.07. The molecule has 0 aliphatic rings. The first-order chi connectivity index (χ1) is 11.6. The highest BCUT2D eigenvalue weighted by Crippen LogP contribution is 2.18. The van der Waals surface area contributed by atoms with Crippen molar-refractivity contribution in [2.75, 3.05) is 10.6 Å². The average molecular weight is 319 g/mol. The summed E-state index contributed by atoms with van der Waals surface area (Å²) in [5, 5.41) is 14.6. The van der Waals surface area contributed by atoms with Crippen molar-refractivity contribution >= 4 is 17.5 Å². The highest BCUT2D eigenvalue weighted by molar-refractivity contribution is 5.56. The quantitative estimate of drug-likeness (QED) is 0.739. The molecule has 3 rings (SSSR count). The molecule has 0 saturated carbocycles. The van der Waals surface area contributed by atoms with Crippen LogP contribution in [0.4, 0.5) is 17.5 Å². The van der Waals surface area contributed by atoms with E-state index in [0.717, 1.165) is 5.69 Å². The monoisotopic (exact) mass is 319 g/mol. The molecule has 1 heterocycles. The van der Waals surface area contributed by atoms with Gasteiger partial charge in [0.15, 0.2) is 5.82 Å². The lowest BCUT2D eigenvalue weighted by molar-refractivity contribution is 0.964. The SMILES string of the molecule is Cc1cc(C)cc(Nc2nncc(NCc3ccccc3C)n2)c1. The largest absolute Gasteiger partial charge is 0.365 e.